The summed E-state index contributed by atoms with van der Waals surface area (Å²) in [5.41, 5.74) is 3.14. The fourth-order valence-electron chi connectivity index (χ4n) is 2.95. The molecule has 28 heavy (non-hydrogen) atoms. The summed E-state index contributed by atoms with van der Waals surface area (Å²) in [6.45, 7) is 0.342. The van der Waals surface area contributed by atoms with E-state index in [1.54, 1.807) is 25.5 Å². The summed E-state index contributed by atoms with van der Waals surface area (Å²) in [5.74, 6) is 0.968. The standard InChI is InChI=1S/C19H17BrN6O2/c1-26-6-2-3-11(18(26)28)9-21-17-14(20)10-22-19(25-17)23-13-4-5-15-12(7-13)8-16(27)24-15/h2-7,10H,8-9H2,1H3,(H,24,27)(H2,21,22,23,25). The van der Waals surface area contributed by atoms with Crippen LogP contribution in [0.25, 0.3) is 0 Å². The number of aromatic nitrogens is 3. The summed E-state index contributed by atoms with van der Waals surface area (Å²) >= 11 is 3.43. The molecule has 3 heterocycles. The van der Waals surface area contributed by atoms with Gasteiger partial charge in [-0.3, -0.25) is 9.59 Å². The van der Waals surface area contributed by atoms with E-state index in [0.717, 1.165) is 16.9 Å². The Morgan fingerprint density at radius 3 is 3.00 bits per heavy atom. The first-order chi connectivity index (χ1) is 13.5. The van der Waals surface area contributed by atoms with Gasteiger partial charge in [-0.25, -0.2) is 4.98 Å². The Bertz CT molecular complexity index is 1130. The molecule has 0 unspecified atom stereocenters. The Balaban J connectivity index is 1.51. The number of nitrogens with zero attached hydrogens (tertiary/aromatic N) is 3. The fraction of sp³-hybridized carbons (Fsp3) is 0.158. The fourth-order valence-corrected chi connectivity index (χ4v) is 3.29. The van der Waals surface area contributed by atoms with Gasteiger partial charge in [0.25, 0.3) is 5.56 Å². The summed E-state index contributed by atoms with van der Waals surface area (Å²) < 4.78 is 2.22. The topological polar surface area (TPSA) is 101 Å². The molecule has 0 saturated carbocycles. The van der Waals surface area contributed by atoms with Crippen LogP contribution in [0.15, 0.2) is 52.0 Å². The molecule has 1 aromatic carbocycles. The first-order valence-electron chi connectivity index (χ1n) is 8.60. The van der Waals surface area contributed by atoms with E-state index >= 15 is 0 Å². The molecule has 0 aliphatic carbocycles. The van der Waals surface area contributed by atoms with E-state index in [1.165, 1.54) is 4.57 Å². The normalized spacial score (nSPS) is 12.4. The van der Waals surface area contributed by atoms with E-state index in [-0.39, 0.29) is 11.5 Å². The average molecular weight is 441 g/mol. The third kappa shape index (κ3) is 3.74. The number of nitrogens with one attached hydrogen (secondary N) is 3. The lowest BCUT2D eigenvalue weighted by Crippen LogP contribution is -2.22. The minimum Gasteiger partial charge on any atom is -0.365 e. The number of aryl methyl sites for hydroxylation is 1. The second-order valence-electron chi connectivity index (χ2n) is 6.42. The van der Waals surface area contributed by atoms with Crippen molar-refractivity contribution in [1.82, 2.24) is 14.5 Å². The molecule has 2 aromatic heterocycles. The Morgan fingerprint density at radius 2 is 2.14 bits per heavy atom. The van der Waals surface area contributed by atoms with Gasteiger partial charge in [0.15, 0.2) is 0 Å². The van der Waals surface area contributed by atoms with Gasteiger partial charge in [-0.05, 0) is 45.8 Å². The van der Waals surface area contributed by atoms with E-state index in [4.69, 9.17) is 0 Å². The number of hydrogen-bond donors (Lipinski definition) is 3. The number of pyridine rings is 1. The smallest absolute Gasteiger partial charge is 0.255 e. The lowest BCUT2D eigenvalue weighted by Gasteiger charge is -2.11. The highest BCUT2D eigenvalue weighted by molar-refractivity contribution is 9.10. The first kappa shape index (κ1) is 18.2. The third-order valence-corrected chi connectivity index (χ3v) is 4.96. The number of benzene rings is 1. The van der Waals surface area contributed by atoms with Crippen molar-refractivity contribution in [3.05, 3.63) is 68.7 Å². The predicted octanol–water partition coefficient (Wildman–Crippen LogP) is 2.79. The molecule has 3 aromatic rings. The average Bonchev–Trinajstić information content (AvgIpc) is 3.04. The van der Waals surface area contributed by atoms with Crippen molar-refractivity contribution in [3.63, 3.8) is 0 Å². The zero-order valence-electron chi connectivity index (χ0n) is 15.0. The number of halogens is 1. The SMILES string of the molecule is Cn1cccc(CNc2nc(Nc3ccc4c(c3)CC(=O)N4)ncc2Br)c1=O. The number of amides is 1. The lowest BCUT2D eigenvalue weighted by atomic mass is 10.1. The van der Waals surface area contributed by atoms with Gasteiger partial charge in [0, 0.05) is 42.9 Å². The maximum atomic E-state index is 12.1. The summed E-state index contributed by atoms with van der Waals surface area (Å²) in [4.78, 5) is 32.4. The van der Waals surface area contributed by atoms with Crippen LogP contribution in [0.1, 0.15) is 11.1 Å². The molecule has 0 bridgehead atoms. The Kier molecular flexibility index (Phi) is 4.82. The largest absolute Gasteiger partial charge is 0.365 e. The van der Waals surface area contributed by atoms with Gasteiger partial charge >= 0.3 is 0 Å². The Labute approximate surface area is 169 Å². The molecule has 8 nitrogen and oxygen atoms in total. The number of carbonyl (C=O) groups excluding carboxylic acids is 1. The Hall–Kier alpha value is -3.20. The van der Waals surface area contributed by atoms with Crippen molar-refractivity contribution in [1.29, 1.82) is 0 Å². The molecule has 0 spiro atoms. The molecule has 142 valence electrons. The van der Waals surface area contributed by atoms with E-state index in [9.17, 15) is 9.59 Å². The molecule has 4 rings (SSSR count). The minimum absolute atomic E-state index is 0.00872. The lowest BCUT2D eigenvalue weighted by molar-refractivity contribution is -0.115. The van der Waals surface area contributed by atoms with Crippen LogP contribution in [-0.2, 0) is 24.8 Å². The van der Waals surface area contributed by atoms with Gasteiger partial charge in [-0.1, -0.05) is 6.07 Å². The van der Waals surface area contributed by atoms with Crippen molar-refractivity contribution in [3.8, 4) is 0 Å². The summed E-state index contributed by atoms with van der Waals surface area (Å²) in [7, 11) is 1.72. The molecule has 0 fully saturated rings. The maximum absolute atomic E-state index is 12.1. The van der Waals surface area contributed by atoms with E-state index in [0.29, 0.717) is 34.8 Å². The summed E-state index contributed by atoms with van der Waals surface area (Å²) in [5, 5.41) is 9.12. The molecule has 1 aliphatic heterocycles. The molecule has 9 heteroatoms. The van der Waals surface area contributed by atoms with Gasteiger partial charge in [-0.2, -0.15) is 4.98 Å². The van der Waals surface area contributed by atoms with Crippen molar-refractivity contribution >= 4 is 45.0 Å². The van der Waals surface area contributed by atoms with E-state index in [1.807, 2.05) is 24.3 Å². The number of carbonyl (C=O) groups is 1. The van der Waals surface area contributed by atoms with Gasteiger partial charge < -0.3 is 20.5 Å². The third-order valence-electron chi connectivity index (χ3n) is 4.38. The van der Waals surface area contributed by atoms with Crippen molar-refractivity contribution in [2.24, 2.45) is 7.05 Å². The second-order valence-corrected chi connectivity index (χ2v) is 7.27. The predicted molar refractivity (Wildman–Crippen MR) is 111 cm³/mol. The van der Waals surface area contributed by atoms with Crippen molar-refractivity contribution < 1.29 is 4.79 Å². The highest BCUT2D eigenvalue weighted by atomic mass is 79.9. The zero-order chi connectivity index (χ0) is 19.7. The molecule has 0 radical (unpaired) electrons. The van der Waals surface area contributed by atoms with Crippen molar-refractivity contribution in [2.45, 2.75) is 13.0 Å². The number of rotatable bonds is 5. The van der Waals surface area contributed by atoms with Crippen LogP contribution < -0.4 is 21.5 Å². The van der Waals surface area contributed by atoms with E-state index < -0.39 is 0 Å². The highest BCUT2D eigenvalue weighted by Gasteiger charge is 2.17. The van der Waals surface area contributed by atoms with Crippen LogP contribution in [0.3, 0.4) is 0 Å². The maximum Gasteiger partial charge on any atom is 0.255 e. The van der Waals surface area contributed by atoms with Gasteiger partial charge in [-0.15, -0.1) is 0 Å². The highest BCUT2D eigenvalue weighted by Crippen LogP contribution is 2.28. The number of anilines is 4. The second kappa shape index (κ2) is 7.43. The van der Waals surface area contributed by atoms with Crippen LogP contribution in [0.5, 0.6) is 0 Å². The van der Waals surface area contributed by atoms with Crippen LogP contribution in [0, 0.1) is 0 Å². The molecular formula is C19H17BrN6O2. The molecule has 0 saturated heterocycles. The Morgan fingerprint density at radius 1 is 1.29 bits per heavy atom. The van der Waals surface area contributed by atoms with Crippen molar-refractivity contribution in [2.75, 3.05) is 16.0 Å². The van der Waals surface area contributed by atoms with Gasteiger partial charge in [0.05, 0.1) is 10.9 Å². The zero-order valence-corrected chi connectivity index (χ0v) is 16.6. The first-order valence-corrected chi connectivity index (χ1v) is 9.39. The van der Waals surface area contributed by atoms with E-state index in [2.05, 4.69) is 41.8 Å². The molecule has 3 N–H and O–H groups in total. The van der Waals surface area contributed by atoms with Gasteiger partial charge in [0.2, 0.25) is 11.9 Å². The minimum atomic E-state index is -0.0557. The monoisotopic (exact) mass is 440 g/mol. The van der Waals surface area contributed by atoms with Crippen LogP contribution in [-0.4, -0.2) is 20.4 Å². The molecule has 0 atom stereocenters. The van der Waals surface area contributed by atoms with Crippen LogP contribution in [0.2, 0.25) is 0 Å². The quantitative estimate of drug-likeness (QED) is 0.563. The number of fused-ring (bicyclic) bond motifs is 1. The molecular weight excluding hydrogens is 424 g/mol. The summed E-state index contributed by atoms with van der Waals surface area (Å²) in [6, 6.07) is 9.22. The van der Waals surface area contributed by atoms with Crippen LogP contribution >= 0.6 is 15.9 Å². The summed E-state index contributed by atoms with van der Waals surface area (Å²) in [6.07, 6.45) is 3.72. The van der Waals surface area contributed by atoms with Crippen LogP contribution in [0.4, 0.5) is 23.1 Å². The number of hydrogen-bond acceptors (Lipinski definition) is 6. The molecule has 1 aliphatic rings. The van der Waals surface area contributed by atoms with Gasteiger partial charge in [0.1, 0.15) is 5.82 Å². The molecule has 1 amide bonds.